The van der Waals surface area contributed by atoms with Crippen LogP contribution in [0.1, 0.15) is 35.2 Å². The Morgan fingerprint density at radius 3 is 2.42 bits per heavy atom. The SMILES string of the molecule is CCOC(=O)C1=C(c2ccccc2)N=c2s/c(=C3/C(=O)N(Cc4ccccc4)c4ccc(Br)cc43)c(=O)n2[C@@H]1c1cc(Cl)ccc1OC. The van der Waals surface area contributed by atoms with Crippen molar-refractivity contribution in [2.75, 3.05) is 18.6 Å². The molecule has 48 heavy (non-hydrogen) atoms. The van der Waals surface area contributed by atoms with Crippen molar-refractivity contribution in [3.05, 3.63) is 154 Å². The minimum absolute atomic E-state index is 0.107. The van der Waals surface area contributed by atoms with E-state index >= 15 is 0 Å². The van der Waals surface area contributed by atoms with Crippen LogP contribution in [0.5, 0.6) is 5.75 Å². The van der Waals surface area contributed by atoms with E-state index in [-0.39, 0.29) is 28.2 Å². The van der Waals surface area contributed by atoms with Gasteiger partial charge in [0.1, 0.15) is 16.3 Å². The summed E-state index contributed by atoms with van der Waals surface area (Å²) in [5.41, 5.74) is 3.69. The van der Waals surface area contributed by atoms with Gasteiger partial charge in [0.25, 0.3) is 11.5 Å². The van der Waals surface area contributed by atoms with Crippen LogP contribution in [0, 0.1) is 0 Å². The Bertz CT molecular complexity index is 2320. The Morgan fingerprint density at radius 2 is 1.71 bits per heavy atom. The summed E-state index contributed by atoms with van der Waals surface area (Å²) in [7, 11) is 1.51. The number of hydrogen-bond donors (Lipinski definition) is 0. The number of fused-ring (bicyclic) bond motifs is 2. The molecule has 8 nitrogen and oxygen atoms in total. The Kier molecular flexibility index (Phi) is 8.63. The number of rotatable bonds is 7. The monoisotopic (exact) mass is 739 g/mol. The molecule has 5 aromatic rings. The number of methoxy groups -OCH3 is 1. The number of carbonyl (C=O) groups excluding carboxylic acids is 2. The molecule has 0 unspecified atom stereocenters. The molecule has 0 bridgehead atoms. The Labute approximate surface area is 293 Å². The van der Waals surface area contributed by atoms with E-state index in [1.165, 1.54) is 11.7 Å². The summed E-state index contributed by atoms with van der Waals surface area (Å²) in [6.45, 7) is 2.15. The first-order chi connectivity index (χ1) is 23.3. The predicted octanol–water partition coefficient (Wildman–Crippen LogP) is 6.28. The van der Waals surface area contributed by atoms with Gasteiger partial charge in [-0.1, -0.05) is 99.5 Å². The number of aromatic nitrogens is 1. The number of anilines is 1. The maximum Gasteiger partial charge on any atom is 0.338 e. The van der Waals surface area contributed by atoms with Gasteiger partial charge < -0.3 is 14.4 Å². The molecule has 11 heteroatoms. The summed E-state index contributed by atoms with van der Waals surface area (Å²) < 4.78 is 13.7. The lowest BCUT2D eigenvalue weighted by molar-refractivity contribution is -0.138. The Balaban J connectivity index is 1.55. The first-order valence-electron chi connectivity index (χ1n) is 15.1. The van der Waals surface area contributed by atoms with Crippen molar-refractivity contribution in [1.29, 1.82) is 0 Å². The zero-order chi connectivity index (χ0) is 33.5. The molecule has 0 spiro atoms. The number of amides is 1. The van der Waals surface area contributed by atoms with Crippen LogP contribution in [0.3, 0.4) is 0 Å². The van der Waals surface area contributed by atoms with Crippen molar-refractivity contribution in [3.8, 4) is 5.75 Å². The average molecular weight is 741 g/mol. The highest BCUT2D eigenvalue weighted by atomic mass is 79.9. The van der Waals surface area contributed by atoms with Gasteiger partial charge in [0.2, 0.25) is 0 Å². The molecular formula is C37H27BrClN3O5S. The molecule has 2 aliphatic heterocycles. The van der Waals surface area contributed by atoms with Crippen LogP contribution in [-0.4, -0.2) is 30.2 Å². The topological polar surface area (TPSA) is 90.2 Å². The minimum atomic E-state index is -1.03. The fraction of sp³-hybridized carbons (Fsp3) is 0.135. The molecule has 2 aliphatic rings. The molecule has 0 fully saturated rings. The van der Waals surface area contributed by atoms with Crippen molar-refractivity contribution in [2.45, 2.75) is 19.5 Å². The van der Waals surface area contributed by atoms with Gasteiger partial charge in [0.05, 0.1) is 42.8 Å². The number of hydrogen-bond acceptors (Lipinski definition) is 7. The van der Waals surface area contributed by atoms with Gasteiger partial charge in [-0.3, -0.25) is 14.2 Å². The third kappa shape index (κ3) is 5.49. The molecule has 0 N–H and O–H groups in total. The van der Waals surface area contributed by atoms with Crippen molar-refractivity contribution < 1.29 is 19.1 Å². The molecule has 240 valence electrons. The van der Waals surface area contributed by atoms with E-state index in [0.717, 1.165) is 21.4 Å². The van der Waals surface area contributed by atoms with E-state index < -0.39 is 17.6 Å². The molecule has 0 radical (unpaired) electrons. The third-order valence-electron chi connectivity index (χ3n) is 8.22. The lowest BCUT2D eigenvalue weighted by atomic mass is 9.92. The summed E-state index contributed by atoms with van der Waals surface area (Å²) >= 11 is 11.2. The van der Waals surface area contributed by atoms with E-state index in [1.807, 2.05) is 78.9 Å². The van der Waals surface area contributed by atoms with Gasteiger partial charge in [-0.15, -0.1) is 0 Å². The fourth-order valence-corrected chi connectivity index (χ4v) is 7.78. The van der Waals surface area contributed by atoms with Crippen LogP contribution in [0.4, 0.5) is 5.69 Å². The van der Waals surface area contributed by atoms with Crippen molar-refractivity contribution in [3.63, 3.8) is 0 Å². The molecule has 0 saturated heterocycles. The summed E-state index contributed by atoms with van der Waals surface area (Å²) in [6.07, 6.45) is 0. The zero-order valence-corrected chi connectivity index (χ0v) is 28.9. The van der Waals surface area contributed by atoms with E-state index in [4.69, 9.17) is 26.1 Å². The van der Waals surface area contributed by atoms with E-state index in [1.54, 1.807) is 30.0 Å². The second-order valence-corrected chi connectivity index (χ2v) is 13.4. The van der Waals surface area contributed by atoms with Crippen molar-refractivity contribution >= 4 is 67.7 Å². The molecule has 7 rings (SSSR count). The number of carbonyl (C=O) groups is 2. The molecule has 1 aromatic heterocycles. The van der Waals surface area contributed by atoms with Crippen LogP contribution in [0.2, 0.25) is 5.02 Å². The summed E-state index contributed by atoms with van der Waals surface area (Å²) in [4.78, 5) is 50.0. The van der Waals surface area contributed by atoms with Gasteiger partial charge in [-0.2, -0.15) is 0 Å². The molecule has 0 saturated carbocycles. The first kappa shape index (κ1) is 31.8. The second kappa shape index (κ2) is 13.0. The van der Waals surface area contributed by atoms with Crippen LogP contribution in [0.25, 0.3) is 11.3 Å². The normalized spacial score (nSPS) is 16.4. The molecule has 3 heterocycles. The largest absolute Gasteiger partial charge is 0.496 e. The van der Waals surface area contributed by atoms with Crippen molar-refractivity contribution in [1.82, 2.24) is 4.57 Å². The Morgan fingerprint density at radius 1 is 0.979 bits per heavy atom. The van der Waals surface area contributed by atoms with Crippen LogP contribution in [0.15, 0.2) is 117 Å². The minimum Gasteiger partial charge on any atom is -0.496 e. The number of ether oxygens (including phenoxy) is 2. The zero-order valence-electron chi connectivity index (χ0n) is 25.8. The van der Waals surface area contributed by atoms with Crippen LogP contribution < -0.4 is 24.5 Å². The lowest BCUT2D eigenvalue weighted by Gasteiger charge is -2.27. The van der Waals surface area contributed by atoms with E-state index in [0.29, 0.717) is 50.2 Å². The third-order valence-corrected chi connectivity index (χ3v) is 10.0. The van der Waals surface area contributed by atoms with Crippen LogP contribution >= 0.6 is 38.9 Å². The average Bonchev–Trinajstić information content (AvgIpc) is 3.56. The summed E-state index contributed by atoms with van der Waals surface area (Å²) in [5, 5.41) is 0.388. The predicted molar refractivity (Wildman–Crippen MR) is 190 cm³/mol. The number of esters is 1. The van der Waals surface area contributed by atoms with Gasteiger partial charge in [-0.25, -0.2) is 9.79 Å². The quantitative estimate of drug-likeness (QED) is 0.184. The number of benzene rings is 4. The number of thiazole rings is 1. The summed E-state index contributed by atoms with van der Waals surface area (Å²) in [5.74, 6) is -0.522. The second-order valence-electron chi connectivity index (χ2n) is 11.1. The van der Waals surface area contributed by atoms with Gasteiger partial charge in [-0.05, 0) is 48.9 Å². The maximum absolute atomic E-state index is 14.8. The van der Waals surface area contributed by atoms with E-state index in [2.05, 4.69) is 15.9 Å². The van der Waals surface area contributed by atoms with Gasteiger partial charge >= 0.3 is 5.97 Å². The maximum atomic E-state index is 14.8. The number of nitrogens with zero attached hydrogens (tertiary/aromatic N) is 3. The van der Waals surface area contributed by atoms with Crippen LogP contribution in [-0.2, 0) is 20.9 Å². The highest BCUT2D eigenvalue weighted by Gasteiger charge is 2.39. The standard InChI is InChI=1S/C37H27BrClN3O5S/c1-3-47-36(45)30-31(22-12-8-5-9-13-22)40-37-42(32(30)26-19-24(39)15-17-28(26)46-2)35(44)33(48-37)29-25-18-23(38)14-16-27(25)41(34(29)43)20-21-10-6-4-7-11-21/h4-19,32H,3,20H2,1-2H3/b33-29+/t32-/m1/s1. The first-order valence-corrected chi connectivity index (χ1v) is 17.1. The summed E-state index contributed by atoms with van der Waals surface area (Å²) in [6, 6.07) is 28.5. The van der Waals surface area contributed by atoms with Gasteiger partial charge in [0, 0.05) is 26.2 Å². The molecule has 1 amide bonds. The van der Waals surface area contributed by atoms with Crippen molar-refractivity contribution in [2.24, 2.45) is 4.99 Å². The molecule has 1 atom stereocenters. The highest BCUT2D eigenvalue weighted by Crippen LogP contribution is 2.41. The van der Waals surface area contributed by atoms with E-state index in [9.17, 15) is 14.4 Å². The smallest absolute Gasteiger partial charge is 0.338 e. The lowest BCUT2D eigenvalue weighted by Crippen LogP contribution is -2.41. The molecular weight excluding hydrogens is 714 g/mol. The highest BCUT2D eigenvalue weighted by molar-refractivity contribution is 9.10. The molecule has 0 aliphatic carbocycles. The molecule has 4 aromatic carbocycles. The number of halogens is 2. The van der Waals surface area contributed by atoms with Gasteiger partial charge in [0.15, 0.2) is 4.80 Å². The fourth-order valence-electron chi connectivity index (χ4n) is 6.15. The Hall–Kier alpha value is -4.77.